The highest BCUT2D eigenvalue weighted by molar-refractivity contribution is 6.44. The molecule has 0 spiro atoms. The van der Waals surface area contributed by atoms with E-state index in [1.54, 1.807) is 24.4 Å². The van der Waals surface area contributed by atoms with Crippen molar-refractivity contribution in [3.63, 3.8) is 0 Å². The summed E-state index contributed by atoms with van der Waals surface area (Å²) in [6.45, 7) is 3.95. The Bertz CT molecular complexity index is 1380. The molecule has 0 atom stereocenters. The number of urea groups is 1. The lowest BCUT2D eigenvalue weighted by Crippen LogP contribution is -2.20. The van der Waals surface area contributed by atoms with Crippen LogP contribution in [0, 0.1) is 0 Å². The van der Waals surface area contributed by atoms with E-state index < -0.39 is 6.03 Å². The summed E-state index contributed by atoms with van der Waals surface area (Å²) in [5.41, 5.74) is 7.91. The number of nitrogens with zero attached hydrogens (tertiary/aromatic N) is 4. The predicted octanol–water partition coefficient (Wildman–Crippen LogP) is 5.17. The molecule has 0 unspecified atom stereocenters. The third kappa shape index (κ3) is 4.46. The molecule has 0 aliphatic carbocycles. The first-order valence-electron chi connectivity index (χ1n) is 9.89. The number of nitrogens with two attached hydrogens (primary N) is 1. The van der Waals surface area contributed by atoms with Crippen molar-refractivity contribution in [2.75, 3.05) is 16.4 Å². The quantitative estimate of drug-likeness (QED) is 0.335. The van der Waals surface area contributed by atoms with E-state index in [0.717, 1.165) is 0 Å². The molecule has 0 saturated carbocycles. The minimum atomic E-state index is -0.570. The molecule has 3 aromatic heterocycles. The lowest BCUT2D eigenvalue weighted by molar-refractivity contribution is 0.103. The van der Waals surface area contributed by atoms with Crippen LogP contribution >= 0.6 is 23.2 Å². The van der Waals surface area contributed by atoms with Crippen LogP contribution < -0.4 is 16.4 Å². The highest BCUT2D eigenvalue weighted by Gasteiger charge is 2.22. The van der Waals surface area contributed by atoms with E-state index in [1.165, 1.54) is 24.8 Å². The van der Waals surface area contributed by atoms with Gasteiger partial charge in [0.1, 0.15) is 17.8 Å². The van der Waals surface area contributed by atoms with Crippen molar-refractivity contribution in [1.29, 1.82) is 0 Å². The number of amides is 2. The Hall–Kier alpha value is -3.69. The smallest absolute Gasteiger partial charge is 0.323 e. The Labute approximate surface area is 198 Å². The monoisotopic (exact) mass is 483 g/mol. The van der Waals surface area contributed by atoms with Crippen LogP contribution in [0.25, 0.3) is 11.0 Å². The Morgan fingerprint density at radius 1 is 1.12 bits per heavy atom. The molecule has 11 heteroatoms. The summed E-state index contributed by atoms with van der Waals surface area (Å²) in [6.07, 6.45) is 5.90. The second kappa shape index (κ2) is 9.05. The van der Waals surface area contributed by atoms with Gasteiger partial charge in [0.25, 0.3) is 0 Å². The average molecular weight is 484 g/mol. The van der Waals surface area contributed by atoms with E-state index in [2.05, 4.69) is 25.6 Å². The van der Waals surface area contributed by atoms with Crippen molar-refractivity contribution in [3.8, 4) is 0 Å². The van der Waals surface area contributed by atoms with Gasteiger partial charge in [-0.3, -0.25) is 9.78 Å². The Kier molecular flexibility index (Phi) is 6.17. The van der Waals surface area contributed by atoms with E-state index in [9.17, 15) is 9.59 Å². The third-order valence-electron chi connectivity index (χ3n) is 4.90. The van der Waals surface area contributed by atoms with Gasteiger partial charge in [0.2, 0.25) is 0 Å². The summed E-state index contributed by atoms with van der Waals surface area (Å²) < 4.78 is 1.86. The van der Waals surface area contributed by atoms with Crippen LogP contribution in [0.4, 0.5) is 22.0 Å². The number of benzene rings is 1. The summed E-state index contributed by atoms with van der Waals surface area (Å²) in [4.78, 5) is 38.2. The number of hydrogen-bond donors (Lipinski definition) is 3. The first-order chi connectivity index (χ1) is 15.8. The number of nitrogen functional groups attached to an aromatic ring is 1. The molecule has 2 amide bonds. The lowest BCUT2D eigenvalue weighted by Gasteiger charge is -2.10. The summed E-state index contributed by atoms with van der Waals surface area (Å²) in [5.74, 6) is -0.113. The van der Waals surface area contributed by atoms with E-state index in [4.69, 9.17) is 28.9 Å². The molecule has 1 aromatic carbocycles. The first-order valence-corrected chi connectivity index (χ1v) is 10.6. The number of carbonyl (C=O) groups is 2. The average Bonchev–Trinajstić information content (AvgIpc) is 3.18. The molecule has 0 bridgehead atoms. The number of carbonyl (C=O) groups excluding carboxylic acids is 2. The summed E-state index contributed by atoms with van der Waals surface area (Å²) in [6, 6.07) is 5.89. The van der Waals surface area contributed by atoms with Gasteiger partial charge in [-0.15, -0.1) is 0 Å². The summed E-state index contributed by atoms with van der Waals surface area (Å²) in [7, 11) is 0. The maximum Gasteiger partial charge on any atom is 0.323 e. The number of fused-ring (bicyclic) bond motifs is 1. The lowest BCUT2D eigenvalue weighted by atomic mass is 10.1. The van der Waals surface area contributed by atoms with Gasteiger partial charge in [-0.2, -0.15) is 0 Å². The van der Waals surface area contributed by atoms with Gasteiger partial charge < -0.3 is 20.9 Å². The van der Waals surface area contributed by atoms with Gasteiger partial charge in [-0.1, -0.05) is 29.3 Å². The maximum atomic E-state index is 13.3. The fourth-order valence-electron chi connectivity index (χ4n) is 3.35. The molecule has 33 heavy (non-hydrogen) atoms. The zero-order chi connectivity index (χ0) is 23.7. The maximum absolute atomic E-state index is 13.3. The van der Waals surface area contributed by atoms with Crippen LogP contribution in [0.1, 0.15) is 35.8 Å². The molecule has 4 N–H and O–H groups in total. The molecule has 4 aromatic rings. The van der Waals surface area contributed by atoms with E-state index in [0.29, 0.717) is 33.0 Å². The van der Waals surface area contributed by atoms with Gasteiger partial charge in [-0.05, 0) is 32.0 Å². The standard InChI is InChI=1S/C22H19Cl2N7O2/c1-11(2)31-9-14(17-20(25)27-10-28-21(17)31)19(32)12-6-13(8-26-7-12)29-22(33)30-16-5-3-4-15(23)18(16)24/h3-11H,1-2H3,(H2,25,27,28)(H2,29,30,33). The molecule has 4 rings (SSSR count). The van der Waals surface area contributed by atoms with Crippen LogP contribution in [-0.2, 0) is 0 Å². The number of rotatable bonds is 5. The molecule has 0 fully saturated rings. The van der Waals surface area contributed by atoms with Crippen LogP contribution in [0.15, 0.2) is 49.2 Å². The van der Waals surface area contributed by atoms with Crippen LogP contribution in [0.3, 0.4) is 0 Å². The first kappa shape index (κ1) is 22.5. The van der Waals surface area contributed by atoms with Gasteiger partial charge in [0.05, 0.1) is 38.6 Å². The number of pyridine rings is 1. The minimum Gasteiger partial charge on any atom is -0.383 e. The van der Waals surface area contributed by atoms with Crippen molar-refractivity contribution >= 4 is 63.2 Å². The largest absolute Gasteiger partial charge is 0.383 e. The molecule has 0 aliphatic rings. The van der Waals surface area contributed by atoms with Gasteiger partial charge in [0, 0.05) is 24.0 Å². The van der Waals surface area contributed by atoms with Crippen molar-refractivity contribution in [1.82, 2.24) is 19.5 Å². The number of anilines is 3. The predicted molar refractivity (Wildman–Crippen MR) is 129 cm³/mol. The van der Waals surface area contributed by atoms with Crippen molar-refractivity contribution in [2.45, 2.75) is 19.9 Å². The minimum absolute atomic E-state index is 0.0523. The van der Waals surface area contributed by atoms with E-state index in [-0.39, 0.29) is 28.2 Å². The van der Waals surface area contributed by atoms with Crippen LogP contribution in [-0.4, -0.2) is 31.3 Å². The zero-order valence-electron chi connectivity index (χ0n) is 17.6. The van der Waals surface area contributed by atoms with E-state index in [1.807, 2.05) is 18.4 Å². The summed E-state index contributed by atoms with van der Waals surface area (Å²) >= 11 is 12.1. The Morgan fingerprint density at radius 2 is 1.91 bits per heavy atom. The molecule has 3 heterocycles. The molecule has 9 nitrogen and oxygen atoms in total. The zero-order valence-corrected chi connectivity index (χ0v) is 19.1. The van der Waals surface area contributed by atoms with Crippen molar-refractivity contribution < 1.29 is 9.59 Å². The second-order valence-corrected chi connectivity index (χ2v) is 8.26. The highest BCUT2D eigenvalue weighted by atomic mass is 35.5. The van der Waals surface area contributed by atoms with Crippen LogP contribution in [0.2, 0.25) is 10.0 Å². The Morgan fingerprint density at radius 3 is 2.67 bits per heavy atom. The molecular formula is C22H19Cl2N7O2. The normalized spacial score (nSPS) is 11.1. The fourth-order valence-corrected chi connectivity index (χ4v) is 3.69. The highest BCUT2D eigenvalue weighted by Crippen LogP contribution is 2.30. The van der Waals surface area contributed by atoms with E-state index >= 15 is 0 Å². The number of halogens is 2. The van der Waals surface area contributed by atoms with Gasteiger partial charge in [-0.25, -0.2) is 14.8 Å². The number of nitrogens with one attached hydrogen (secondary N) is 2. The summed E-state index contributed by atoms with van der Waals surface area (Å²) in [5, 5.41) is 6.25. The Balaban J connectivity index is 1.61. The second-order valence-electron chi connectivity index (χ2n) is 7.47. The van der Waals surface area contributed by atoms with Gasteiger partial charge >= 0.3 is 6.03 Å². The number of hydrogen-bond acceptors (Lipinski definition) is 6. The molecule has 0 saturated heterocycles. The SMILES string of the molecule is CC(C)n1cc(C(=O)c2cncc(NC(=O)Nc3cccc(Cl)c3Cl)c2)c2c(N)ncnc21. The number of aromatic nitrogens is 4. The molecule has 0 radical (unpaired) electrons. The number of ketones is 1. The van der Waals surface area contributed by atoms with Crippen molar-refractivity contribution in [3.05, 3.63) is 70.4 Å². The van der Waals surface area contributed by atoms with Crippen molar-refractivity contribution in [2.24, 2.45) is 0 Å². The van der Waals surface area contributed by atoms with Gasteiger partial charge in [0.15, 0.2) is 5.78 Å². The molecular weight excluding hydrogens is 465 g/mol. The molecule has 168 valence electrons. The third-order valence-corrected chi connectivity index (χ3v) is 5.72. The molecule has 0 aliphatic heterocycles. The topological polar surface area (TPSA) is 128 Å². The fraction of sp³-hybridized carbons (Fsp3) is 0.136. The van der Waals surface area contributed by atoms with Crippen LogP contribution in [0.5, 0.6) is 0 Å².